The molecule has 1 aromatic heterocycles. The number of hydrogen-bond acceptors (Lipinski definition) is 4. The monoisotopic (exact) mass is 227 g/mol. The van der Waals surface area contributed by atoms with Crippen molar-refractivity contribution in [3.05, 3.63) is 42.2 Å². The number of benzene rings is 1. The fraction of sp³-hybridized carbons (Fsp3) is 0.167. The molecule has 0 aliphatic rings. The van der Waals surface area contributed by atoms with Crippen LogP contribution in [0.15, 0.2) is 36.7 Å². The van der Waals surface area contributed by atoms with Gasteiger partial charge in [-0.3, -0.25) is 4.68 Å². The van der Waals surface area contributed by atoms with Crippen molar-refractivity contribution < 1.29 is 0 Å². The first kappa shape index (κ1) is 11.0. The lowest BCUT2D eigenvalue weighted by molar-refractivity contribution is 0.638. The molecule has 2 aromatic rings. The predicted molar refractivity (Wildman–Crippen MR) is 66.3 cm³/mol. The Hall–Kier alpha value is -2.48. The van der Waals surface area contributed by atoms with Crippen LogP contribution >= 0.6 is 0 Å². The highest BCUT2D eigenvalue weighted by Crippen LogP contribution is 2.16. The van der Waals surface area contributed by atoms with Crippen molar-refractivity contribution in [2.24, 2.45) is 0 Å². The molecule has 0 fully saturated rings. The zero-order chi connectivity index (χ0) is 12.1. The first-order valence-corrected chi connectivity index (χ1v) is 5.30. The molecule has 5 nitrogen and oxygen atoms in total. The van der Waals surface area contributed by atoms with Crippen LogP contribution in [0.3, 0.4) is 0 Å². The molecule has 0 unspecified atom stereocenters. The highest BCUT2D eigenvalue weighted by molar-refractivity contribution is 5.62. The van der Waals surface area contributed by atoms with E-state index in [0.29, 0.717) is 11.3 Å². The van der Waals surface area contributed by atoms with Crippen LogP contribution in [0, 0.1) is 11.3 Å². The van der Waals surface area contributed by atoms with Gasteiger partial charge in [0.05, 0.1) is 17.8 Å². The molecule has 0 aliphatic carbocycles. The van der Waals surface area contributed by atoms with Gasteiger partial charge in [0.2, 0.25) is 0 Å². The van der Waals surface area contributed by atoms with Crippen LogP contribution in [0.5, 0.6) is 0 Å². The van der Waals surface area contributed by atoms with Gasteiger partial charge in [0, 0.05) is 24.6 Å². The molecule has 0 spiro atoms. The summed E-state index contributed by atoms with van der Waals surface area (Å²) in [4.78, 5) is 0. The molecule has 1 heterocycles. The first-order chi connectivity index (χ1) is 8.29. The van der Waals surface area contributed by atoms with Crippen LogP contribution in [0.2, 0.25) is 0 Å². The van der Waals surface area contributed by atoms with Crippen molar-refractivity contribution in [1.82, 2.24) is 9.78 Å². The fourth-order valence-electron chi connectivity index (χ4n) is 1.52. The Balaban J connectivity index is 1.91. The maximum atomic E-state index is 8.75. The van der Waals surface area contributed by atoms with E-state index in [1.807, 2.05) is 29.1 Å². The predicted octanol–water partition coefficient (Wildman–Crippen LogP) is 1.45. The van der Waals surface area contributed by atoms with E-state index >= 15 is 0 Å². The number of anilines is 2. The summed E-state index contributed by atoms with van der Waals surface area (Å²) in [7, 11) is 0. The van der Waals surface area contributed by atoms with Crippen LogP contribution in [0.1, 0.15) is 5.56 Å². The minimum atomic E-state index is 0.497. The number of rotatable bonds is 4. The average Bonchev–Trinajstić information content (AvgIpc) is 2.82. The number of nitrogen functional groups attached to an aromatic ring is 1. The van der Waals surface area contributed by atoms with E-state index in [1.54, 1.807) is 18.3 Å². The Labute approximate surface area is 99.5 Å². The first-order valence-electron chi connectivity index (χ1n) is 5.30. The van der Waals surface area contributed by atoms with E-state index < -0.39 is 0 Å². The van der Waals surface area contributed by atoms with Gasteiger partial charge in [-0.2, -0.15) is 10.4 Å². The van der Waals surface area contributed by atoms with Crippen LogP contribution in [0.25, 0.3) is 0 Å². The van der Waals surface area contributed by atoms with Crippen LogP contribution in [-0.4, -0.2) is 16.3 Å². The molecule has 0 amide bonds. The van der Waals surface area contributed by atoms with Gasteiger partial charge in [0.1, 0.15) is 6.07 Å². The minimum absolute atomic E-state index is 0.497. The van der Waals surface area contributed by atoms with Gasteiger partial charge in [0.25, 0.3) is 0 Å². The zero-order valence-electron chi connectivity index (χ0n) is 9.30. The summed E-state index contributed by atoms with van der Waals surface area (Å²) in [5.41, 5.74) is 7.63. The molecular weight excluding hydrogens is 214 g/mol. The molecule has 2 rings (SSSR count). The summed E-state index contributed by atoms with van der Waals surface area (Å²) in [6.07, 6.45) is 3.66. The van der Waals surface area contributed by atoms with Gasteiger partial charge < -0.3 is 11.1 Å². The average molecular weight is 227 g/mol. The molecule has 1 aromatic carbocycles. The molecule has 5 heteroatoms. The molecule has 0 atom stereocenters. The van der Waals surface area contributed by atoms with Gasteiger partial charge in [-0.1, -0.05) is 0 Å². The minimum Gasteiger partial charge on any atom is -0.398 e. The number of nitrogens with zero attached hydrogens (tertiary/aromatic N) is 3. The van der Waals surface area contributed by atoms with Gasteiger partial charge in [0.15, 0.2) is 0 Å². The van der Waals surface area contributed by atoms with Gasteiger partial charge >= 0.3 is 0 Å². The Bertz CT molecular complexity index is 524. The Kier molecular flexibility index (Phi) is 3.26. The lowest BCUT2D eigenvalue weighted by Gasteiger charge is -2.07. The molecule has 86 valence electrons. The second-order valence-electron chi connectivity index (χ2n) is 3.61. The second-order valence-corrected chi connectivity index (χ2v) is 3.61. The topological polar surface area (TPSA) is 79.7 Å². The molecule has 0 aliphatic heterocycles. The number of nitrogens with two attached hydrogens (primary N) is 1. The zero-order valence-corrected chi connectivity index (χ0v) is 9.30. The third-order valence-corrected chi connectivity index (χ3v) is 2.40. The quantitative estimate of drug-likeness (QED) is 0.775. The summed E-state index contributed by atoms with van der Waals surface area (Å²) in [6, 6.07) is 9.25. The smallest absolute Gasteiger partial charge is 0.101 e. The van der Waals surface area contributed by atoms with Crippen LogP contribution < -0.4 is 11.1 Å². The normalized spacial score (nSPS) is 9.82. The summed E-state index contributed by atoms with van der Waals surface area (Å²) < 4.78 is 1.85. The molecule has 0 saturated heterocycles. The number of nitrogens with one attached hydrogen (secondary N) is 1. The van der Waals surface area contributed by atoms with Crippen molar-refractivity contribution in [2.75, 3.05) is 17.6 Å². The molecular formula is C12H13N5. The summed E-state index contributed by atoms with van der Waals surface area (Å²) in [5, 5.41) is 16.1. The molecule has 0 saturated carbocycles. The van der Waals surface area contributed by atoms with Crippen molar-refractivity contribution in [3.8, 4) is 6.07 Å². The maximum absolute atomic E-state index is 8.75. The van der Waals surface area contributed by atoms with E-state index in [1.165, 1.54) is 0 Å². The van der Waals surface area contributed by atoms with Crippen LogP contribution in [0.4, 0.5) is 11.4 Å². The summed E-state index contributed by atoms with van der Waals surface area (Å²) >= 11 is 0. The fourth-order valence-corrected chi connectivity index (χ4v) is 1.52. The SMILES string of the molecule is N#Cc1ccc(NCCn2cccn2)cc1N. The van der Waals surface area contributed by atoms with Crippen molar-refractivity contribution in [2.45, 2.75) is 6.54 Å². The van der Waals surface area contributed by atoms with E-state index in [9.17, 15) is 0 Å². The van der Waals surface area contributed by atoms with E-state index in [4.69, 9.17) is 11.0 Å². The van der Waals surface area contributed by atoms with Crippen molar-refractivity contribution in [1.29, 1.82) is 5.26 Å². The summed E-state index contributed by atoms with van der Waals surface area (Å²) in [5.74, 6) is 0. The van der Waals surface area contributed by atoms with E-state index in [-0.39, 0.29) is 0 Å². The third kappa shape index (κ3) is 2.75. The number of aromatic nitrogens is 2. The van der Waals surface area contributed by atoms with Crippen LogP contribution in [-0.2, 0) is 6.54 Å². The Morgan fingerprint density at radius 2 is 2.35 bits per heavy atom. The van der Waals surface area contributed by atoms with Gasteiger partial charge in [-0.15, -0.1) is 0 Å². The number of nitriles is 1. The lowest BCUT2D eigenvalue weighted by atomic mass is 10.2. The largest absolute Gasteiger partial charge is 0.398 e. The van der Waals surface area contributed by atoms with Crippen molar-refractivity contribution in [3.63, 3.8) is 0 Å². The standard InChI is InChI=1S/C12H13N5/c13-9-10-2-3-11(8-12(10)14)15-5-7-17-6-1-4-16-17/h1-4,6,8,15H,5,7,14H2. The molecule has 3 N–H and O–H groups in total. The van der Waals surface area contributed by atoms with Gasteiger partial charge in [-0.05, 0) is 24.3 Å². The Morgan fingerprint density at radius 3 is 3.00 bits per heavy atom. The highest BCUT2D eigenvalue weighted by Gasteiger charge is 1.99. The third-order valence-electron chi connectivity index (χ3n) is 2.40. The summed E-state index contributed by atoms with van der Waals surface area (Å²) in [6.45, 7) is 1.54. The highest BCUT2D eigenvalue weighted by atomic mass is 15.3. The van der Waals surface area contributed by atoms with Gasteiger partial charge in [-0.25, -0.2) is 0 Å². The molecule has 0 radical (unpaired) electrons. The van der Waals surface area contributed by atoms with Crippen molar-refractivity contribution >= 4 is 11.4 Å². The lowest BCUT2D eigenvalue weighted by Crippen LogP contribution is -2.10. The molecule has 17 heavy (non-hydrogen) atoms. The van der Waals surface area contributed by atoms with E-state index in [2.05, 4.69) is 10.4 Å². The second kappa shape index (κ2) is 5.03. The Morgan fingerprint density at radius 1 is 1.47 bits per heavy atom. The maximum Gasteiger partial charge on any atom is 0.101 e. The molecule has 0 bridgehead atoms. The van der Waals surface area contributed by atoms with E-state index in [0.717, 1.165) is 18.8 Å². The number of hydrogen-bond donors (Lipinski definition) is 2.